The highest BCUT2D eigenvalue weighted by Gasteiger charge is 2.39. The van der Waals surface area contributed by atoms with E-state index in [-0.39, 0.29) is 11.8 Å². The van der Waals surface area contributed by atoms with E-state index in [0.29, 0.717) is 22.3 Å². The molecule has 1 amide bonds. The number of benzene rings is 1. The molecule has 3 nitrogen and oxygen atoms in total. The van der Waals surface area contributed by atoms with E-state index in [1.54, 1.807) is 5.38 Å². The Kier molecular flexibility index (Phi) is 3.25. The molecule has 1 saturated carbocycles. The predicted molar refractivity (Wildman–Crippen MR) is 73.4 cm³/mol. The number of anilines is 1. The summed E-state index contributed by atoms with van der Waals surface area (Å²) >= 11 is 1.27. The average molecular weight is 294 g/mol. The zero-order chi connectivity index (χ0) is 14.3. The summed E-state index contributed by atoms with van der Waals surface area (Å²) in [4.78, 5) is 16.0. The van der Waals surface area contributed by atoms with Gasteiger partial charge in [-0.2, -0.15) is 0 Å². The summed E-state index contributed by atoms with van der Waals surface area (Å²) < 4.78 is 26.0. The first-order chi connectivity index (χ1) is 9.54. The summed E-state index contributed by atoms with van der Waals surface area (Å²) in [7, 11) is 0. The fourth-order valence-corrected chi connectivity index (χ4v) is 2.73. The van der Waals surface area contributed by atoms with Crippen LogP contribution in [-0.4, -0.2) is 10.9 Å². The van der Waals surface area contributed by atoms with Gasteiger partial charge in [0, 0.05) is 16.9 Å². The normalized spacial score (nSPS) is 20.8. The van der Waals surface area contributed by atoms with Gasteiger partial charge in [0.2, 0.25) is 5.91 Å². The van der Waals surface area contributed by atoms with Gasteiger partial charge < -0.3 is 5.32 Å². The third-order valence-electron chi connectivity index (χ3n) is 3.40. The maximum atomic E-state index is 13.2. The van der Waals surface area contributed by atoms with Crippen LogP contribution in [0.5, 0.6) is 0 Å². The lowest BCUT2D eigenvalue weighted by Gasteiger charge is -2.00. The molecule has 2 atom stereocenters. The van der Waals surface area contributed by atoms with E-state index in [1.165, 1.54) is 17.4 Å². The highest BCUT2D eigenvalue weighted by Crippen LogP contribution is 2.38. The van der Waals surface area contributed by atoms with Crippen LogP contribution < -0.4 is 5.32 Å². The first kappa shape index (κ1) is 13.2. The number of hydrogen-bond donors (Lipinski definition) is 1. The second kappa shape index (κ2) is 4.94. The van der Waals surface area contributed by atoms with Crippen molar-refractivity contribution in [2.75, 3.05) is 5.32 Å². The van der Waals surface area contributed by atoms with Gasteiger partial charge in [0.25, 0.3) is 0 Å². The van der Waals surface area contributed by atoms with Gasteiger partial charge >= 0.3 is 0 Å². The molecule has 0 radical (unpaired) electrons. The van der Waals surface area contributed by atoms with Gasteiger partial charge in [-0.05, 0) is 30.5 Å². The molecule has 20 heavy (non-hydrogen) atoms. The standard InChI is InChI=1S/C14H12F2N2OS/c1-7-4-9(7)13(19)18-14-17-12(6-20-14)8-2-3-10(15)11(16)5-8/h2-3,5-7,9H,4H2,1H3,(H,17,18,19)/t7-,9-/m1/s1. The van der Waals surface area contributed by atoms with Crippen molar-refractivity contribution in [2.24, 2.45) is 11.8 Å². The molecular formula is C14H12F2N2OS. The third kappa shape index (κ3) is 2.56. The zero-order valence-electron chi connectivity index (χ0n) is 10.7. The number of halogens is 2. The Hall–Kier alpha value is -1.82. The highest BCUT2D eigenvalue weighted by atomic mass is 32.1. The van der Waals surface area contributed by atoms with Crippen molar-refractivity contribution in [3.05, 3.63) is 35.2 Å². The van der Waals surface area contributed by atoms with Crippen LogP contribution in [0.3, 0.4) is 0 Å². The van der Waals surface area contributed by atoms with E-state index in [1.807, 2.05) is 6.92 Å². The van der Waals surface area contributed by atoms with Gasteiger partial charge in [-0.15, -0.1) is 11.3 Å². The van der Waals surface area contributed by atoms with Crippen LogP contribution in [0.2, 0.25) is 0 Å². The fourth-order valence-electron chi connectivity index (χ4n) is 2.00. The van der Waals surface area contributed by atoms with Crippen molar-refractivity contribution in [3.63, 3.8) is 0 Å². The van der Waals surface area contributed by atoms with E-state index < -0.39 is 11.6 Å². The van der Waals surface area contributed by atoms with Crippen LogP contribution in [0.15, 0.2) is 23.6 Å². The average Bonchev–Trinajstić information content (AvgIpc) is 2.97. The minimum absolute atomic E-state index is 0.0244. The van der Waals surface area contributed by atoms with E-state index in [4.69, 9.17) is 0 Å². The highest BCUT2D eigenvalue weighted by molar-refractivity contribution is 7.14. The Labute approximate surface area is 118 Å². The van der Waals surface area contributed by atoms with Crippen molar-refractivity contribution < 1.29 is 13.6 Å². The van der Waals surface area contributed by atoms with Gasteiger partial charge in [-0.3, -0.25) is 4.79 Å². The SMILES string of the molecule is C[C@@H]1C[C@H]1C(=O)Nc1nc(-c2ccc(F)c(F)c2)cs1. The smallest absolute Gasteiger partial charge is 0.229 e. The fraction of sp³-hybridized carbons (Fsp3) is 0.286. The number of thiazole rings is 1. The molecule has 1 fully saturated rings. The van der Waals surface area contributed by atoms with Crippen LogP contribution in [-0.2, 0) is 4.79 Å². The quantitative estimate of drug-likeness (QED) is 0.938. The van der Waals surface area contributed by atoms with Crippen molar-refractivity contribution in [1.29, 1.82) is 0 Å². The molecule has 1 heterocycles. The minimum Gasteiger partial charge on any atom is -0.302 e. The first-order valence-corrected chi connectivity index (χ1v) is 7.14. The molecular weight excluding hydrogens is 282 g/mol. The third-order valence-corrected chi connectivity index (χ3v) is 4.15. The lowest BCUT2D eigenvalue weighted by atomic mass is 10.2. The number of hydrogen-bond acceptors (Lipinski definition) is 3. The number of nitrogens with zero attached hydrogens (tertiary/aromatic N) is 1. The molecule has 2 aromatic rings. The molecule has 1 aromatic heterocycles. The van der Waals surface area contributed by atoms with E-state index in [0.717, 1.165) is 18.6 Å². The van der Waals surface area contributed by atoms with E-state index in [2.05, 4.69) is 10.3 Å². The molecule has 0 saturated heterocycles. The van der Waals surface area contributed by atoms with Crippen molar-refractivity contribution in [2.45, 2.75) is 13.3 Å². The van der Waals surface area contributed by atoms with Crippen molar-refractivity contribution in [1.82, 2.24) is 4.98 Å². The molecule has 0 bridgehead atoms. The second-order valence-electron chi connectivity index (χ2n) is 4.98. The largest absolute Gasteiger partial charge is 0.302 e. The Morgan fingerprint density at radius 3 is 2.80 bits per heavy atom. The second-order valence-corrected chi connectivity index (χ2v) is 5.83. The number of rotatable bonds is 3. The van der Waals surface area contributed by atoms with Gasteiger partial charge in [0.15, 0.2) is 16.8 Å². The summed E-state index contributed by atoms with van der Waals surface area (Å²) in [6, 6.07) is 3.62. The number of carbonyl (C=O) groups excluding carboxylic acids is 1. The number of nitrogens with one attached hydrogen (secondary N) is 1. The van der Waals surface area contributed by atoms with Crippen molar-refractivity contribution in [3.8, 4) is 11.3 Å². The van der Waals surface area contributed by atoms with E-state index >= 15 is 0 Å². The zero-order valence-corrected chi connectivity index (χ0v) is 11.5. The number of carbonyl (C=O) groups is 1. The molecule has 1 aliphatic carbocycles. The lowest BCUT2D eigenvalue weighted by Crippen LogP contribution is -2.14. The molecule has 1 N–H and O–H groups in total. The van der Waals surface area contributed by atoms with Crippen LogP contribution in [0.4, 0.5) is 13.9 Å². The Balaban J connectivity index is 1.76. The molecule has 3 rings (SSSR count). The maximum Gasteiger partial charge on any atom is 0.229 e. The number of aromatic nitrogens is 1. The van der Waals surface area contributed by atoms with Crippen molar-refractivity contribution >= 4 is 22.4 Å². The summed E-state index contributed by atoms with van der Waals surface area (Å²) in [6.07, 6.45) is 0.910. The van der Waals surface area contributed by atoms with E-state index in [9.17, 15) is 13.6 Å². The molecule has 0 spiro atoms. The van der Waals surface area contributed by atoms with Gasteiger partial charge in [-0.1, -0.05) is 6.92 Å². The predicted octanol–water partition coefficient (Wildman–Crippen LogP) is 3.68. The number of amides is 1. The summed E-state index contributed by atoms with van der Waals surface area (Å²) in [6.45, 7) is 2.03. The molecule has 104 valence electrons. The van der Waals surface area contributed by atoms with Gasteiger partial charge in [0.1, 0.15) is 0 Å². The molecule has 0 aliphatic heterocycles. The molecule has 6 heteroatoms. The molecule has 0 unspecified atom stereocenters. The Morgan fingerprint density at radius 1 is 1.40 bits per heavy atom. The van der Waals surface area contributed by atoms with Gasteiger partial charge in [-0.25, -0.2) is 13.8 Å². The molecule has 1 aromatic carbocycles. The van der Waals surface area contributed by atoms with Crippen LogP contribution in [0, 0.1) is 23.5 Å². The van der Waals surface area contributed by atoms with Gasteiger partial charge in [0.05, 0.1) is 5.69 Å². The maximum absolute atomic E-state index is 13.2. The lowest BCUT2D eigenvalue weighted by molar-refractivity contribution is -0.117. The monoisotopic (exact) mass is 294 g/mol. The summed E-state index contributed by atoms with van der Waals surface area (Å²) in [5.41, 5.74) is 1.01. The van der Waals surface area contributed by atoms with Crippen LogP contribution in [0.1, 0.15) is 13.3 Å². The minimum atomic E-state index is -0.909. The first-order valence-electron chi connectivity index (χ1n) is 6.26. The molecule has 1 aliphatic rings. The Bertz CT molecular complexity index is 671. The Morgan fingerprint density at radius 2 is 2.15 bits per heavy atom. The van der Waals surface area contributed by atoms with Crippen LogP contribution >= 0.6 is 11.3 Å². The van der Waals surface area contributed by atoms with Crippen LogP contribution in [0.25, 0.3) is 11.3 Å². The topological polar surface area (TPSA) is 42.0 Å². The summed E-state index contributed by atoms with van der Waals surface area (Å²) in [5, 5.41) is 4.94. The summed E-state index contributed by atoms with van der Waals surface area (Å²) in [5.74, 6) is -1.32.